The molecule has 6 heterocycles. The van der Waals surface area contributed by atoms with Crippen LogP contribution in [-0.4, -0.2) is 125 Å². The number of carbonyl (C=O) groups is 6. The lowest BCUT2D eigenvalue weighted by molar-refractivity contribution is -0.130. The van der Waals surface area contributed by atoms with E-state index >= 15 is 0 Å². The first-order valence-corrected chi connectivity index (χ1v) is 21.0. The van der Waals surface area contributed by atoms with E-state index in [1.54, 1.807) is 14.7 Å². The predicted octanol–water partition coefficient (Wildman–Crippen LogP) is 5.74. The molecule has 0 bridgehead atoms. The Morgan fingerprint density at radius 2 is 0.649 bits per heavy atom. The van der Waals surface area contributed by atoms with Crippen LogP contribution in [-0.2, 0) is 28.6 Å². The number of nitrogens with zero attached hydrogens (tertiary/aromatic N) is 3. The standard InChI is InChI=1S/3C14H24N2O3/c3*1-10-9-14(11(17)15-10)5-7-16(8-6-14)12(18)19-13(2,3)4/h3*10H,5-9H2,1-4H3,(H,15,17)/t2*10-;/m10./s1. The number of rotatable bonds is 0. The van der Waals surface area contributed by atoms with E-state index in [1.165, 1.54) is 0 Å². The Kier molecular flexibility index (Phi) is 13.9. The fourth-order valence-electron chi connectivity index (χ4n) is 8.95. The van der Waals surface area contributed by atoms with Crippen molar-refractivity contribution in [2.45, 2.75) is 176 Å². The molecule has 15 heteroatoms. The average Bonchev–Trinajstić information content (AvgIpc) is 3.61. The molecule has 6 fully saturated rings. The molecule has 0 aliphatic carbocycles. The summed E-state index contributed by atoms with van der Waals surface area (Å²) in [6, 6.07) is 0.752. The van der Waals surface area contributed by atoms with Crippen molar-refractivity contribution in [3.63, 3.8) is 0 Å². The van der Waals surface area contributed by atoms with Crippen molar-refractivity contribution >= 4 is 36.0 Å². The lowest BCUT2D eigenvalue weighted by atomic mass is 9.76. The van der Waals surface area contributed by atoms with Gasteiger partial charge in [-0.2, -0.15) is 0 Å². The molecular weight excluding hydrogens is 732 g/mol. The Bertz CT molecular complexity index is 1310. The molecule has 0 radical (unpaired) electrons. The van der Waals surface area contributed by atoms with Crippen LogP contribution in [0.3, 0.4) is 0 Å². The Hall–Kier alpha value is -3.78. The van der Waals surface area contributed by atoms with E-state index < -0.39 is 16.8 Å². The molecule has 6 rings (SSSR count). The maximum absolute atomic E-state index is 12.0. The third kappa shape index (κ3) is 12.1. The molecule has 3 N–H and O–H groups in total. The van der Waals surface area contributed by atoms with Crippen molar-refractivity contribution in [2.75, 3.05) is 39.3 Å². The molecule has 0 aromatic carbocycles. The van der Waals surface area contributed by atoms with E-state index in [9.17, 15) is 28.8 Å². The first kappa shape index (κ1) is 45.9. The van der Waals surface area contributed by atoms with Gasteiger partial charge in [0.15, 0.2) is 0 Å². The van der Waals surface area contributed by atoms with Crippen LogP contribution in [0.25, 0.3) is 0 Å². The van der Waals surface area contributed by atoms with Crippen molar-refractivity contribution in [2.24, 2.45) is 16.2 Å². The summed E-state index contributed by atoms with van der Waals surface area (Å²) in [5.74, 6) is 0.469. The second-order valence-electron chi connectivity index (χ2n) is 20.5. The van der Waals surface area contributed by atoms with Gasteiger partial charge in [-0.15, -0.1) is 0 Å². The van der Waals surface area contributed by atoms with Gasteiger partial charge in [-0.1, -0.05) is 0 Å². The number of amides is 6. The summed E-state index contributed by atoms with van der Waals surface area (Å²) in [4.78, 5) is 77.1. The van der Waals surface area contributed by atoms with Gasteiger partial charge in [-0.3, -0.25) is 14.4 Å². The van der Waals surface area contributed by atoms with Crippen molar-refractivity contribution in [1.29, 1.82) is 0 Å². The lowest BCUT2D eigenvalue weighted by Gasteiger charge is -2.37. The zero-order valence-corrected chi connectivity index (χ0v) is 36.9. The summed E-state index contributed by atoms with van der Waals surface area (Å²) in [6.07, 6.45) is 6.27. The summed E-state index contributed by atoms with van der Waals surface area (Å²) in [6.45, 7) is 26.5. The van der Waals surface area contributed by atoms with E-state index in [-0.39, 0.29) is 70.4 Å². The molecule has 324 valence electrons. The van der Waals surface area contributed by atoms with Crippen LogP contribution in [0, 0.1) is 16.2 Å². The Balaban J connectivity index is 0.000000189. The fraction of sp³-hybridized carbons (Fsp3) is 0.857. The minimum atomic E-state index is -0.467. The van der Waals surface area contributed by atoms with Gasteiger partial charge in [-0.25, -0.2) is 14.4 Å². The SMILES string of the molecule is CC1CC2(CCN(C(=O)OC(C)(C)C)CC2)C(=O)N1.C[C@@H]1CC2(CCN(C(=O)OC(C)(C)C)CC2)C(=O)N1.C[C@H]1CC2(CCN(C(=O)OC(C)(C)C)CC2)C(=O)N1. The summed E-state index contributed by atoms with van der Waals surface area (Å²) in [5, 5.41) is 8.96. The maximum atomic E-state index is 12.0. The summed E-state index contributed by atoms with van der Waals surface area (Å²) in [7, 11) is 0. The lowest BCUT2D eigenvalue weighted by Crippen LogP contribution is -2.47. The molecule has 3 spiro atoms. The second kappa shape index (κ2) is 17.2. The molecule has 0 saturated carbocycles. The van der Waals surface area contributed by atoms with Crippen LogP contribution in [0.4, 0.5) is 14.4 Å². The van der Waals surface area contributed by atoms with Crippen molar-refractivity contribution in [1.82, 2.24) is 30.7 Å². The van der Waals surface area contributed by atoms with Crippen LogP contribution < -0.4 is 16.0 Å². The number of nitrogens with one attached hydrogen (secondary N) is 3. The molecule has 57 heavy (non-hydrogen) atoms. The highest BCUT2D eigenvalue weighted by molar-refractivity contribution is 5.87. The summed E-state index contributed by atoms with van der Waals surface area (Å²) < 4.78 is 16.1. The van der Waals surface area contributed by atoms with Crippen LogP contribution in [0.1, 0.15) is 141 Å². The highest BCUT2D eigenvalue weighted by Crippen LogP contribution is 2.42. The summed E-state index contributed by atoms with van der Waals surface area (Å²) in [5.41, 5.74) is -2.16. The number of carbonyl (C=O) groups excluding carboxylic acids is 6. The second-order valence-corrected chi connectivity index (χ2v) is 20.5. The molecule has 1 unspecified atom stereocenters. The van der Waals surface area contributed by atoms with Gasteiger partial charge in [-0.05, 0) is 141 Å². The largest absolute Gasteiger partial charge is 0.444 e. The first-order valence-electron chi connectivity index (χ1n) is 21.0. The van der Waals surface area contributed by atoms with Gasteiger partial charge < -0.3 is 44.9 Å². The van der Waals surface area contributed by atoms with E-state index in [0.717, 1.165) is 57.8 Å². The Morgan fingerprint density at radius 1 is 0.456 bits per heavy atom. The maximum Gasteiger partial charge on any atom is 0.410 e. The molecule has 0 aromatic rings. The highest BCUT2D eigenvalue weighted by Gasteiger charge is 2.50. The molecule has 0 aromatic heterocycles. The highest BCUT2D eigenvalue weighted by atomic mass is 16.6. The van der Waals surface area contributed by atoms with Crippen molar-refractivity contribution in [3.05, 3.63) is 0 Å². The fourth-order valence-corrected chi connectivity index (χ4v) is 8.95. The van der Waals surface area contributed by atoms with Gasteiger partial charge in [0, 0.05) is 57.4 Å². The van der Waals surface area contributed by atoms with Crippen LogP contribution in [0.15, 0.2) is 0 Å². The molecular formula is C42H72N6O9. The van der Waals surface area contributed by atoms with E-state index in [2.05, 4.69) is 16.0 Å². The number of ether oxygens (including phenoxy) is 3. The molecule has 3 atom stereocenters. The van der Waals surface area contributed by atoms with Gasteiger partial charge in [0.25, 0.3) is 0 Å². The van der Waals surface area contributed by atoms with Crippen molar-refractivity contribution < 1.29 is 43.0 Å². The quantitative estimate of drug-likeness (QED) is 0.258. The van der Waals surface area contributed by atoms with Crippen molar-refractivity contribution in [3.8, 4) is 0 Å². The van der Waals surface area contributed by atoms with Crippen LogP contribution in [0.5, 0.6) is 0 Å². The topological polar surface area (TPSA) is 176 Å². The zero-order chi connectivity index (χ0) is 42.8. The molecule has 6 saturated heterocycles. The average molecular weight is 805 g/mol. The van der Waals surface area contributed by atoms with Gasteiger partial charge in [0.05, 0.1) is 16.2 Å². The molecule has 15 nitrogen and oxygen atoms in total. The Labute approximate surface area is 340 Å². The summed E-state index contributed by atoms with van der Waals surface area (Å²) >= 11 is 0. The van der Waals surface area contributed by atoms with E-state index in [0.29, 0.717) is 39.3 Å². The Morgan fingerprint density at radius 3 is 0.789 bits per heavy atom. The molecule has 6 aliphatic rings. The van der Waals surface area contributed by atoms with Gasteiger partial charge in [0.1, 0.15) is 16.8 Å². The monoisotopic (exact) mass is 805 g/mol. The smallest absolute Gasteiger partial charge is 0.410 e. The third-order valence-corrected chi connectivity index (χ3v) is 11.8. The minimum Gasteiger partial charge on any atom is -0.444 e. The number of likely N-dealkylation sites (tertiary alicyclic amines) is 3. The van der Waals surface area contributed by atoms with Crippen LogP contribution in [0.2, 0.25) is 0 Å². The zero-order valence-electron chi connectivity index (χ0n) is 36.9. The third-order valence-electron chi connectivity index (χ3n) is 11.8. The van der Waals surface area contributed by atoms with Crippen LogP contribution >= 0.6 is 0 Å². The molecule has 6 amide bonds. The van der Waals surface area contributed by atoms with E-state index in [1.807, 2.05) is 83.1 Å². The number of hydrogen-bond donors (Lipinski definition) is 3. The normalized spacial score (nSPS) is 26.4. The number of piperidine rings is 3. The molecule has 6 aliphatic heterocycles. The van der Waals surface area contributed by atoms with E-state index in [4.69, 9.17) is 14.2 Å². The van der Waals surface area contributed by atoms with Gasteiger partial charge >= 0.3 is 18.3 Å². The predicted molar refractivity (Wildman–Crippen MR) is 215 cm³/mol. The number of hydrogen-bond acceptors (Lipinski definition) is 9. The first-order chi connectivity index (χ1) is 26.2. The minimum absolute atomic E-state index is 0.156. The van der Waals surface area contributed by atoms with Gasteiger partial charge in [0.2, 0.25) is 17.7 Å².